The van der Waals surface area contributed by atoms with Crippen molar-refractivity contribution in [2.75, 3.05) is 0 Å². The largest absolute Gasteiger partial charge is 0.508 e. The normalized spacial score (nSPS) is 10.2. The summed E-state index contributed by atoms with van der Waals surface area (Å²) in [5.41, 5.74) is 1.09. The second-order valence-electron chi connectivity index (χ2n) is 2.77. The van der Waals surface area contributed by atoms with Crippen LogP contribution in [-0.4, -0.2) is 10.1 Å². The summed E-state index contributed by atoms with van der Waals surface area (Å²) < 4.78 is 0. The second-order valence-corrected chi connectivity index (χ2v) is 3.75. The standard InChI is InChI=1S/C10H9NOS/c12-9-3-1-2-8(6-9)7-10-11-4-5-13-10/h1-6,12H,7H2. The van der Waals surface area contributed by atoms with Crippen LogP contribution >= 0.6 is 11.3 Å². The van der Waals surface area contributed by atoms with Crippen LogP contribution in [0, 0.1) is 0 Å². The van der Waals surface area contributed by atoms with E-state index in [0.717, 1.165) is 17.0 Å². The van der Waals surface area contributed by atoms with E-state index in [1.807, 2.05) is 17.5 Å². The van der Waals surface area contributed by atoms with Crippen LogP contribution in [0.5, 0.6) is 5.75 Å². The van der Waals surface area contributed by atoms with Crippen LogP contribution in [0.25, 0.3) is 0 Å². The third kappa shape index (κ3) is 2.06. The summed E-state index contributed by atoms with van der Waals surface area (Å²) in [4.78, 5) is 4.18. The van der Waals surface area contributed by atoms with Crippen molar-refractivity contribution in [3.63, 3.8) is 0 Å². The third-order valence-electron chi connectivity index (χ3n) is 1.75. The van der Waals surface area contributed by atoms with Gasteiger partial charge in [-0.25, -0.2) is 4.98 Å². The van der Waals surface area contributed by atoms with Crippen LogP contribution in [0.2, 0.25) is 0 Å². The van der Waals surface area contributed by atoms with Gasteiger partial charge in [-0.15, -0.1) is 11.3 Å². The Balaban J connectivity index is 2.19. The summed E-state index contributed by atoms with van der Waals surface area (Å²) in [5, 5.41) is 12.3. The molecule has 0 amide bonds. The Hall–Kier alpha value is -1.35. The highest BCUT2D eigenvalue weighted by atomic mass is 32.1. The fourth-order valence-corrected chi connectivity index (χ4v) is 1.83. The van der Waals surface area contributed by atoms with E-state index >= 15 is 0 Å². The number of benzene rings is 1. The van der Waals surface area contributed by atoms with Gasteiger partial charge < -0.3 is 5.11 Å². The first-order valence-electron chi connectivity index (χ1n) is 4.01. The SMILES string of the molecule is Oc1cccc(Cc2nccs2)c1. The topological polar surface area (TPSA) is 33.1 Å². The Labute approximate surface area is 80.5 Å². The predicted octanol–water partition coefficient (Wildman–Crippen LogP) is 2.44. The van der Waals surface area contributed by atoms with E-state index in [4.69, 9.17) is 0 Å². The number of aromatic nitrogens is 1. The lowest BCUT2D eigenvalue weighted by Crippen LogP contribution is -1.85. The highest BCUT2D eigenvalue weighted by molar-refractivity contribution is 7.09. The van der Waals surface area contributed by atoms with Crippen molar-refractivity contribution in [2.24, 2.45) is 0 Å². The first kappa shape index (κ1) is 8.26. The molecule has 13 heavy (non-hydrogen) atoms. The van der Waals surface area contributed by atoms with Crippen LogP contribution < -0.4 is 0 Å². The van der Waals surface area contributed by atoms with E-state index in [9.17, 15) is 5.11 Å². The lowest BCUT2D eigenvalue weighted by atomic mass is 10.1. The monoisotopic (exact) mass is 191 g/mol. The molecule has 1 aromatic carbocycles. The van der Waals surface area contributed by atoms with Gasteiger partial charge in [-0.1, -0.05) is 12.1 Å². The van der Waals surface area contributed by atoms with E-state index in [2.05, 4.69) is 4.98 Å². The van der Waals surface area contributed by atoms with Gasteiger partial charge in [-0.05, 0) is 17.7 Å². The molecule has 0 spiro atoms. The van der Waals surface area contributed by atoms with Crippen LogP contribution in [0.1, 0.15) is 10.6 Å². The van der Waals surface area contributed by atoms with Crippen LogP contribution in [-0.2, 0) is 6.42 Å². The zero-order chi connectivity index (χ0) is 9.10. The van der Waals surface area contributed by atoms with Crippen molar-refractivity contribution in [1.82, 2.24) is 4.98 Å². The van der Waals surface area contributed by atoms with E-state index in [0.29, 0.717) is 5.75 Å². The summed E-state index contributed by atoms with van der Waals surface area (Å²) >= 11 is 1.63. The Bertz CT molecular complexity index is 384. The molecule has 1 aromatic heterocycles. The fraction of sp³-hybridized carbons (Fsp3) is 0.100. The fourth-order valence-electron chi connectivity index (χ4n) is 1.18. The lowest BCUT2D eigenvalue weighted by molar-refractivity contribution is 0.474. The average molecular weight is 191 g/mol. The molecule has 1 N–H and O–H groups in total. The number of aromatic hydroxyl groups is 1. The molecule has 0 fully saturated rings. The Kier molecular flexibility index (Phi) is 2.27. The van der Waals surface area contributed by atoms with Crippen molar-refractivity contribution in [3.8, 4) is 5.75 Å². The molecule has 2 nitrogen and oxygen atoms in total. The Morgan fingerprint density at radius 2 is 2.31 bits per heavy atom. The average Bonchev–Trinajstić information content (AvgIpc) is 2.57. The number of nitrogens with zero attached hydrogens (tertiary/aromatic N) is 1. The molecule has 2 rings (SSSR count). The number of phenolic OH excluding ortho intramolecular Hbond substituents is 1. The molecule has 2 aromatic rings. The lowest BCUT2D eigenvalue weighted by Gasteiger charge is -1.97. The zero-order valence-corrected chi connectivity index (χ0v) is 7.79. The number of thiazole rings is 1. The molecule has 0 bridgehead atoms. The van der Waals surface area contributed by atoms with Gasteiger partial charge >= 0.3 is 0 Å². The first-order chi connectivity index (χ1) is 6.34. The van der Waals surface area contributed by atoms with E-state index < -0.39 is 0 Å². The van der Waals surface area contributed by atoms with Crippen molar-refractivity contribution in [3.05, 3.63) is 46.4 Å². The zero-order valence-electron chi connectivity index (χ0n) is 6.97. The smallest absolute Gasteiger partial charge is 0.115 e. The van der Waals surface area contributed by atoms with Gasteiger partial charge in [-0.3, -0.25) is 0 Å². The second kappa shape index (κ2) is 3.58. The molecule has 0 aliphatic heterocycles. The molecule has 0 aliphatic carbocycles. The van der Waals surface area contributed by atoms with E-state index in [1.165, 1.54) is 0 Å². The van der Waals surface area contributed by atoms with Crippen LogP contribution in [0.15, 0.2) is 35.8 Å². The van der Waals surface area contributed by atoms with Gasteiger partial charge in [0.1, 0.15) is 5.75 Å². The Morgan fingerprint density at radius 3 is 3.00 bits per heavy atom. The maximum absolute atomic E-state index is 9.22. The van der Waals surface area contributed by atoms with Crippen molar-refractivity contribution < 1.29 is 5.11 Å². The first-order valence-corrected chi connectivity index (χ1v) is 4.89. The minimum atomic E-state index is 0.314. The van der Waals surface area contributed by atoms with Gasteiger partial charge in [0.15, 0.2) is 0 Å². The quantitative estimate of drug-likeness (QED) is 0.790. The summed E-state index contributed by atoms with van der Waals surface area (Å²) in [6.45, 7) is 0. The summed E-state index contributed by atoms with van der Waals surface area (Å²) in [6.07, 6.45) is 2.59. The van der Waals surface area contributed by atoms with Gasteiger partial charge in [0.2, 0.25) is 0 Å². The third-order valence-corrected chi connectivity index (χ3v) is 2.53. The van der Waals surface area contributed by atoms with Gasteiger partial charge in [0, 0.05) is 18.0 Å². The maximum atomic E-state index is 9.22. The summed E-state index contributed by atoms with van der Waals surface area (Å²) in [6, 6.07) is 7.27. The molecule has 0 aliphatic rings. The molecule has 1 heterocycles. The van der Waals surface area contributed by atoms with Crippen molar-refractivity contribution >= 4 is 11.3 Å². The minimum Gasteiger partial charge on any atom is -0.508 e. The van der Waals surface area contributed by atoms with Gasteiger partial charge in [-0.2, -0.15) is 0 Å². The van der Waals surface area contributed by atoms with E-state index in [-0.39, 0.29) is 0 Å². The van der Waals surface area contributed by atoms with Crippen LogP contribution in [0.3, 0.4) is 0 Å². The molecule has 0 radical (unpaired) electrons. The predicted molar refractivity (Wildman–Crippen MR) is 53.0 cm³/mol. The van der Waals surface area contributed by atoms with Gasteiger partial charge in [0.05, 0.1) is 5.01 Å². The number of hydrogen-bond acceptors (Lipinski definition) is 3. The Morgan fingerprint density at radius 1 is 1.38 bits per heavy atom. The molecule has 0 saturated heterocycles. The minimum absolute atomic E-state index is 0.314. The maximum Gasteiger partial charge on any atom is 0.115 e. The van der Waals surface area contributed by atoms with Crippen molar-refractivity contribution in [2.45, 2.75) is 6.42 Å². The molecule has 0 saturated carbocycles. The van der Waals surface area contributed by atoms with Gasteiger partial charge in [0.25, 0.3) is 0 Å². The highest BCUT2D eigenvalue weighted by Gasteiger charge is 1.98. The highest BCUT2D eigenvalue weighted by Crippen LogP contribution is 2.15. The van der Waals surface area contributed by atoms with Crippen LogP contribution in [0.4, 0.5) is 0 Å². The number of rotatable bonds is 2. The van der Waals surface area contributed by atoms with Crippen molar-refractivity contribution in [1.29, 1.82) is 0 Å². The number of phenols is 1. The molecule has 0 atom stereocenters. The van der Waals surface area contributed by atoms with E-state index in [1.54, 1.807) is 29.7 Å². The summed E-state index contributed by atoms with van der Waals surface area (Å²) in [5.74, 6) is 0.314. The molecule has 66 valence electrons. The molecular weight excluding hydrogens is 182 g/mol. The molecule has 0 unspecified atom stereocenters. The number of hydrogen-bond donors (Lipinski definition) is 1. The molecule has 3 heteroatoms. The molecular formula is C10H9NOS. The summed E-state index contributed by atoms with van der Waals surface area (Å²) in [7, 11) is 0.